The molecule has 1 aromatic heterocycles. The number of rotatable bonds is 13. The molecular formula is C24H31N3O2S. The van der Waals surface area contributed by atoms with Crippen LogP contribution in [0.5, 0.6) is 5.75 Å². The lowest BCUT2D eigenvalue weighted by atomic mass is 10.1. The number of aryl methyl sites for hydroxylation is 1. The van der Waals surface area contributed by atoms with Crippen molar-refractivity contribution in [1.82, 2.24) is 15.1 Å². The molecule has 0 saturated heterocycles. The van der Waals surface area contributed by atoms with E-state index < -0.39 is 0 Å². The van der Waals surface area contributed by atoms with Crippen LogP contribution < -0.4 is 4.74 Å². The van der Waals surface area contributed by atoms with Crippen LogP contribution in [-0.2, 0) is 12.2 Å². The zero-order chi connectivity index (χ0) is 21.0. The summed E-state index contributed by atoms with van der Waals surface area (Å²) in [5.74, 6) is 3.70. The van der Waals surface area contributed by atoms with Gasteiger partial charge in [-0.15, -0.1) is 22.0 Å². The van der Waals surface area contributed by atoms with E-state index in [4.69, 9.17) is 9.15 Å². The molecule has 0 saturated carbocycles. The molecule has 30 heavy (non-hydrogen) atoms. The summed E-state index contributed by atoms with van der Waals surface area (Å²) in [6.07, 6.45) is 4.86. The quantitative estimate of drug-likeness (QED) is 0.345. The van der Waals surface area contributed by atoms with Crippen molar-refractivity contribution >= 4 is 11.8 Å². The molecule has 0 aliphatic carbocycles. The lowest BCUT2D eigenvalue weighted by molar-refractivity contribution is 0.344. The number of hydrogen-bond donors (Lipinski definition) is 0. The number of benzene rings is 2. The maximum atomic E-state index is 5.82. The number of thioether (sulfide) groups is 1. The van der Waals surface area contributed by atoms with Crippen LogP contribution in [0.1, 0.15) is 30.7 Å². The van der Waals surface area contributed by atoms with E-state index in [-0.39, 0.29) is 0 Å². The minimum Gasteiger partial charge on any atom is -0.493 e. The van der Waals surface area contributed by atoms with Crippen LogP contribution >= 0.6 is 11.8 Å². The third kappa shape index (κ3) is 7.84. The third-order valence-corrected chi connectivity index (χ3v) is 5.61. The number of ether oxygens (including phenoxy) is 1. The number of aromatic nitrogens is 2. The van der Waals surface area contributed by atoms with Crippen LogP contribution in [0, 0.1) is 0 Å². The maximum Gasteiger partial charge on any atom is 0.247 e. The first kappa shape index (κ1) is 22.4. The summed E-state index contributed by atoms with van der Waals surface area (Å²) in [5, 5.41) is 8.37. The van der Waals surface area contributed by atoms with E-state index in [0.717, 1.165) is 30.0 Å². The normalized spacial score (nSPS) is 11.2. The van der Waals surface area contributed by atoms with Crippen molar-refractivity contribution in [3.05, 3.63) is 66.1 Å². The average molecular weight is 426 g/mol. The standard InChI is InChI=1S/C24H31N3O2S/c1-27(2)16-8-4-5-9-20-12-14-21(15-13-20)24-26-25-23(29-24)19-30-18-17-28-22-10-6-3-7-11-22/h3,6-7,10-15H,4-5,8-9,16-19H2,1-2H3. The molecule has 0 spiro atoms. The molecule has 0 aliphatic heterocycles. The van der Waals surface area contributed by atoms with E-state index in [9.17, 15) is 0 Å². The van der Waals surface area contributed by atoms with Crippen LogP contribution in [-0.4, -0.2) is 48.1 Å². The molecule has 1 heterocycles. The predicted octanol–water partition coefficient (Wildman–Crippen LogP) is 5.32. The molecule has 0 radical (unpaired) electrons. The van der Waals surface area contributed by atoms with E-state index in [1.54, 1.807) is 11.8 Å². The van der Waals surface area contributed by atoms with Gasteiger partial charge in [0.15, 0.2) is 0 Å². The molecule has 2 aromatic carbocycles. The van der Waals surface area contributed by atoms with Crippen LogP contribution in [0.25, 0.3) is 11.5 Å². The molecule has 5 nitrogen and oxygen atoms in total. The number of unbranched alkanes of at least 4 members (excludes halogenated alkanes) is 2. The Morgan fingerprint density at radius 3 is 2.50 bits per heavy atom. The Balaban J connectivity index is 1.36. The molecular weight excluding hydrogens is 394 g/mol. The molecule has 0 aliphatic rings. The van der Waals surface area contributed by atoms with Gasteiger partial charge in [-0.3, -0.25) is 0 Å². The minimum absolute atomic E-state index is 0.587. The summed E-state index contributed by atoms with van der Waals surface area (Å²) in [6.45, 7) is 1.82. The summed E-state index contributed by atoms with van der Waals surface area (Å²) < 4.78 is 11.5. The summed E-state index contributed by atoms with van der Waals surface area (Å²) in [6, 6.07) is 18.3. The Hall–Kier alpha value is -2.31. The van der Waals surface area contributed by atoms with Crippen LogP contribution in [0.15, 0.2) is 59.0 Å². The molecule has 3 aromatic rings. The van der Waals surface area contributed by atoms with Gasteiger partial charge in [-0.25, -0.2) is 0 Å². The van der Waals surface area contributed by atoms with Crippen molar-refractivity contribution < 1.29 is 9.15 Å². The summed E-state index contributed by atoms with van der Waals surface area (Å²) in [5.41, 5.74) is 2.33. The monoisotopic (exact) mass is 425 g/mol. The Bertz CT molecular complexity index is 850. The maximum absolute atomic E-state index is 5.82. The van der Waals surface area contributed by atoms with E-state index in [1.165, 1.54) is 24.8 Å². The minimum atomic E-state index is 0.587. The summed E-state index contributed by atoms with van der Waals surface area (Å²) >= 11 is 1.73. The highest BCUT2D eigenvalue weighted by molar-refractivity contribution is 7.98. The average Bonchev–Trinajstić information content (AvgIpc) is 3.23. The summed E-state index contributed by atoms with van der Waals surface area (Å²) in [7, 11) is 4.25. The number of para-hydroxylation sites is 1. The van der Waals surface area contributed by atoms with Gasteiger partial charge in [-0.1, -0.05) is 36.8 Å². The van der Waals surface area contributed by atoms with Gasteiger partial charge >= 0.3 is 0 Å². The second-order valence-electron chi connectivity index (χ2n) is 7.53. The van der Waals surface area contributed by atoms with Gasteiger partial charge in [0.25, 0.3) is 0 Å². The Labute approximate surface area is 183 Å². The van der Waals surface area contributed by atoms with E-state index in [2.05, 4.69) is 53.5 Å². The molecule has 0 unspecified atom stereocenters. The molecule has 0 amide bonds. The molecule has 0 bridgehead atoms. The lowest BCUT2D eigenvalue weighted by Crippen LogP contribution is -2.12. The molecule has 0 fully saturated rings. The fraction of sp³-hybridized carbons (Fsp3) is 0.417. The second-order valence-corrected chi connectivity index (χ2v) is 8.63. The third-order valence-electron chi connectivity index (χ3n) is 4.70. The van der Waals surface area contributed by atoms with Crippen molar-refractivity contribution in [3.8, 4) is 17.2 Å². The van der Waals surface area contributed by atoms with Crippen LogP contribution in [0.2, 0.25) is 0 Å². The van der Waals surface area contributed by atoms with Crippen LogP contribution in [0.3, 0.4) is 0 Å². The molecule has 6 heteroatoms. The number of nitrogens with zero attached hydrogens (tertiary/aromatic N) is 3. The van der Waals surface area contributed by atoms with Crippen LogP contribution in [0.4, 0.5) is 0 Å². The Morgan fingerprint density at radius 1 is 0.933 bits per heavy atom. The zero-order valence-corrected chi connectivity index (χ0v) is 18.7. The Morgan fingerprint density at radius 2 is 1.73 bits per heavy atom. The van der Waals surface area contributed by atoms with Gasteiger partial charge in [0.1, 0.15) is 5.75 Å². The van der Waals surface area contributed by atoms with Gasteiger partial charge in [-0.2, -0.15) is 0 Å². The summed E-state index contributed by atoms with van der Waals surface area (Å²) in [4.78, 5) is 2.24. The molecule has 160 valence electrons. The largest absolute Gasteiger partial charge is 0.493 e. The van der Waals surface area contributed by atoms with Gasteiger partial charge < -0.3 is 14.1 Å². The van der Waals surface area contributed by atoms with Crippen molar-refractivity contribution in [2.75, 3.05) is 33.0 Å². The predicted molar refractivity (Wildman–Crippen MR) is 124 cm³/mol. The fourth-order valence-corrected chi connectivity index (χ4v) is 3.71. The first-order valence-electron chi connectivity index (χ1n) is 10.5. The molecule has 0 N–H and O–H groups in total. The van der Waals surface area contributed by atoms with Gasteiger partial charge in [0, 0.05) is 11.3 Å². The highest BCUT2D eigenvalue weighted by Gasteiger charge is 2.09. The smallest absolute Gasteiger partial charge is 0.247 e. The van der Waals surface area contributed by atoms with Crippen molar-refractivity contribution in [2.45, 2.75) is 31.4 Å². The van der Waals surface area contributed by atoms with Crippen molar-refractivity contribution in [3.63, 3.8) is 0 Å². The van der Waals surface area contributed by atoms with Gasteiger partial charge in [0.05, 0.1) is 12.4 Å². The van der Waals surface area contributed by atoms with Crippen molar-refractivity contribution in [1.29, 1.82) is 0 Å². The van der Waals surface area contributed by atoms with E-state index >= 15 is 0 Å². The topological polar surface area (TPSA) is 51.4 Å². The first-order chi connectivity index (χ1) is 14.7. The van der Waals surface area contributed by atoms with Crippen molar-refractivity contribution in [2.24, 2.45) is 0 Å². The van der Waals surface area contributed by atoms with Gasteiger partial charge in [0.2, 0.25) is 11.8 Å². The second kappa shape index (κ2) is 12.4. The van der Waals surface area contributed by atoms with E-state index in [0.29, 0.717) is 24.1 Å². The van der Waals surface area contributed by atoms with Gasteiger partial charge in [-0.05, 0) is 69.7 Å². The lowest BCUT2D eigenvalue weighted by Gasteiger charge is -2.08. The number of hydrogen-bond acceptors (Lipinski definition) is 6. The highest BCUT2D eigenvalue weighted by atomic mass is 32.2. The highest BCUT2D eigenvalue weighted by Crippen LogP contribution is 2.21. The fourth-order valence-electron chi connectivity index (χ4n) is 3.07. The first-order valence-corrected chi connectivity index (χ1v) is 11.7. The molecule has 3 rings (SSSR count). The SMILES string of the molecule is CN(C)CCCCCc1ccc(-c2nnc(CSCCOc3ccccc3)o2)cc1. The molecule has 0 atom stereocenters. The van der Waals surface area contributed by atoms with E-state index in [1.807, 2.05) is 30.3 Å². The Kier molecular flexibility index (Phi) is 9.25. The zero-order valence-electron chi connectivity index (χ0n) is 17.9.